The molecule has 82 valence electrons. The van der Waals surface area contributed by atoms with E-state index in [1.165, 1.54) is 4.88 Å². The zero-order chi connectivity index (χ0) is 11.5. The standard InChI is InChI=1S/C11H15BrN2S/c1-11(2,8-13)14(3)5-4-10-6-9(12)7-15-10/h6-7H,4-5H2,1-3H3. The maximum atomic E-state index is 8.97. The molecule has 0 saturated heterocycles. The molecule has 2 nitrogen and oxygen atoms in total. The summed E-state index contributed by atoms with van der Waals surface area (Å²) in [4.78, 5) is 3.43. The molecule has 0 aliphatic carbocycles. The minimum atomic E-state index is -0.380. The molecule has 0 atom stereocenters. The first-order valence-corrected chi connectivity index (χ1v) is 6.48. The van der Waals surface area contributed by atoms with Crippen molar-refractivity contribution in [2.45, 2.75) is 25.8 Å². The highest BCUT2D eigenvalue weighted by Crippen LogP contribution is 2.21. The average Bonchev–Trinajstić information content (AvgIpc) is 2.60. The predicted octanol–water partition coefficient (Wildman–Crippen LogP) is 3.29. The predicted molar refractivity (Wildman–Crippen MR) is 68.0 cm³/mol. The molecule has 0 N–H and O–H groups in total. The fourth-order valence-corrected chi connectivity index (χ4v) is 2.57. The van der Waals surface area contributed by atoms with Crippen LogP contribution in [0.5, 0.6) is 0 Å². The van der Waals surface area contributed by atoms with Gasteiger partial charge in [-0.2, -0.15) is 5.26 Å². The Morgan fingerprint density at radius 1 is 1.60 bits per heavy atom. The van der Waals surface area contributed by atoms with Gasteiger partial charge in [-0.1, -0.05) is 0 Å². The molecule has 0 spiro atoms. The largest absolute Gasteiger partial charge is 0.289 e. The van der Waals surface area contributed by atoms with Crippen LogP contribution in [0.3, 0.4) is 0 Å². The summed E-state index contributed by atoms with van der Waals surface area (Å²) in [5, 5.41) is 11.1. The lowest BCUT2D eigenvalue weighted by Crippen LogP contribution is -2.40. The molecule has 0 amide bonds. The molecule has 0 aliphatic heterocycles. The summed E-state index contributed by atoms with van der Waals surface area (Å²) in [6.45, 7) is 4.79. The van der Waals surface area contributed by atoms with E-state index in [1.807, 2.05) is 20.9 Å². The monoisotopic (exact) mass is 286 g/mol. The smallest absolute Gasteiger partial charge is 0.103 e. The van der Waals surface area contributed by atoms with E-state index >= 15 is 0 Å². The molecule has 1 heterocycles. The normalized spacial score (nSPS) is 11.7. The fraction of sp³-hybridized carbons (Fsp3) is 0.545. The van der Waals surface area contributed by atoms with Crippen LogP contribution in [0.25, 0.3) is 0 Å². The van der Waals surface area contributed by atoms with Crippen LogP contribution in [-0.2, 0) is 6.42 Å². The van der Waals surface area contributed by atoms with Crippen LogP contribution in [0.4, 0.5) is 0 Å². The summed E-state index contributed by atoms with van der Waals surface area (Å²) in [7, 11) is 1.99. The minimum absolute atomic E-state index is 0.380. The Balaban J connectivity index is 2.48. The van der Waals surface area contributed by atoms with Gasteiger partial charge in [-0.15, -0.1) is 11.3 Å². The second-order valence-electron chi connectivity index (χ2n) is 4.07. The van der Waals surface area contributed by atoms with E-state index in [0.717, 1.165) is 17.4 Å². The van der Waals surface area contributed by atoms with Gasteiger partial charge in [-0.05, 0) is 49.3 Å². The number of rotatable bonds is 4. The number of hydrogen-bond acceptors (Lipinski definition) is 3. The second kappa shape index (κ2) is 5.11. The lowest BCUT2D eigenvalue weighted by atomic mass is 10.1. The van der Waals surface area contributed by atoms with E-state index in [1.54, 1.807) is 11.3 Å². The van der Waals surface area contributed by atoms with Crippen molar-refractivity contribution < 1.29 is 0 Å². The summed E-state index contributed by atoms with van der Waals surface area (Å²) in [6, 6.07) is 4.44. The summed E-state index contributed by atoms with van der Waals surface area (Å²) in [5.41, 5.74) is -0.380. The third-order valence-corrected chi connectivity index (χ3v) is 4.30. The van der Waals surface area contributed by atoms with Crippen molar-refractivity contribution in [3.8, 4) is 6.07 Å². The zero-order valence-corrected chi connectivity index (χ0v) is 11.7. The molecule has 1 rings (SSSR count). The molecule has 4 heteroatoms. The van der Waals surface area contributed by atoms with Gasteiger partial charge in [0.1, 0.15) is 5.54 Å². The fourth-order valence-electron chi connectivity index (χ4n) is 1.13. The number of hydrogen-bond donors (Lipinski definition) is 0. The van der Waals surface area contributed by atoms with Crippen molar-refractivity contribution >= 4 is 27.3 Å². The second-order valence-corrected chi connectivity index (χ2v) is 5.99. The van der Waals surface area contributed by atoms with Crippen molar-refractivity contribution in [1.82, 2.24) is 4.90 Å². The van der Waals surface area contributed by atoms with E-state index in [9.17, 15) is 0 Å². The van der Waals surface area contributed by atoms with Crippen LogP contribution in [0.1, 0.15) is 18.7 Å². The highest BCUT2D eigenvalue weighted by atomic mass is 79.9. The Kier molecular flexibility index (Phi) is 4.32. The Morgan fingerprint density at radius 3 is 2.73 bits per heavy atom. The van der Waals surface area contributed by atoms with E-state index in [0.29, 0.717) is 0 Å². The third-order valence-electron chi connectivity index (χ3n) is 2.54. The molecule has 1 aromatic rings. The lowest BCUT2D eigenvalue weighted by Gasteiger charge is -2.28. The lowest BCUT2D eigenvalue weighted by molar-refractivity contribution is 0.214. The van der Waals surface area contributed by atoms with Gasteiger partial charge in [0.15, 0.2) is 0 Å². The quantitative estimate of drug-likeness (QED) is 0.849. The third kappa shape index (κ3) is 3.60. The van der Waals surface area contributed by atoms with Gasteiger partial charge < -0.3 is 0 Å². The van der Waals surface area contributed by atoms with Crippen LogP contribution in [0, 0.1) is 11.3 Å². The first kappa shape index (κ1) is 12.7. The highest BCUT2D eigenvalue weighted by Gasteiger charge is 2.22. The Hall–Kier alpha value is -0.370. The molecule has 0 aromatic carbocycles. The van der Waals surface area contributed by atoms with Crippen LogP contribution < -0.4 is 0 Å². The van der Waals surface area contributed by atoms with Gasteiger partial charge in [-0.25, -0.2) is 0 Å². The van der Waals surface area contributed by atoms with Crippen LogP contribution >= 0.6 is 27.3 Å². The molecular formula is C11H15BrN2S. The topological polar surface area (TPSA) is 27.0 Å². The van der Waals surface area contributed by atoms with Gasteiger partial charge in [0, 0.05) is 21.3 Å². The number of thiophene rings is 1. The number of likely N-dealkylation sites (N-methyl/N-ethyl adjacent to an activating group) is 1. The Labute approximate surface area is 104 Å². The first-order chi connectivity index (χ1) is 6.95. The first-order valence-electron chi connectivity index (χ1n) is 4.81. The van der Waals surface area contributed by atoms with Crippen LogP contribution in [0.15, 0.2) is 15.9 Å². The van der Waals surface area contributed by atoms with Gasteiger partial charge in [0.05, 0.1) is 6.07 Å². The maximum absolute atomic E-state index is 8.97. The minimum Gasteiger partial charge on any atom is -0.289 e. The van der Waals surface area contributed by atoms with Gasteiger partial charge in [-0.3, -0.25) is 4.90 Å². The Morgan fingerprint density at radius 2 is 2.27 bits per heavy atom. The number of nitrogens with zero attached hydrogens (tertiary/aromatic N) is 2. The van der Waals surface area contributed by atoms with Crippen LogP contribution in [0.2, 0.25) is 0 Å². The number of nitriles is 1. The van der Waals surface area contributed by atoms with E-state index in [4.69, 9.17) is 5.26 Å². The van der Waals surface area contributed by atoms with Gasteiger partial charge >= 0.3 is 0 Å². The SMILES string of the molecule is CN(CCc1cc(Br)cs1)C(C)(C)C#N. The molecule has 0 bridgehead atoms. The van der Waals surface area contributed by atoms with Crippen molar-refractivity contribution in [3.05, 3.63) is 20.8 Å². The molecule has 0 aliphatic rings. The number of halogens is 1. The summed E-state index contributed by atoms with van der Waals surface area (Å²) < 4.78 is 1.14. The summed E-state index contributed by atoms with van der Waals surface area (Å²) in [6.07, 6.45) is 0.998. The summed E-state index contributed by atoms with van der Waals surface area (Å²) >= 11 is 5.19. The van der Waals surface area contributed by atoms with Crippen LogP contribution in [-0.4, -0.2) is 24.0 Å². The van der Waals surface area contributed by atoms with Gasteiger partial charge in [0.25, 0.3) is 0 Å². The summed E-state index contributed by atoms with van der Waals surface area (Å²) in [5.74, 6) is 0. The average molecular weight is 287 g/mol. The van der Waals surface area contributed by atoms with Crippen molar-refractivity contribution in [2.24, 2.45) is 0 Å². The van der Waals surface area contributed by atoms with Crippen molar-refractivity contribution in [3.63, 3.8) is 0 Å². The maximum Gasteiger partial charge on any atom is 0.103 e. The van der Waals surface area contributed by atoms with E-state index in [-0.39, 0.29) is 5.54 Å². The zero-order valence-electron chi connectivity index (χ0n) is 9.25. The van der Waals surface area contributed by atoms with E-state index in [2.05, 4.69) is 38.3 Å². The van der Waals surface area contributed by atoms with Gasteiger partial charge in [0.2, 0.25) is 0 Å². The molecular weight excluding hydrogens is 272 g/mol. The molecule has 0 fully saturated rings. The molecule has 0 saturated carbocycles. The van der Waals surface area contributed by atoms with Crippen molar-refractivity contribution in [2.75, 3.05) is 13.6 Å². The van der Waals surface area contributed by atoms with Crippen molar-refractivity contribution in [1.29, 1.82) is 5.26 Å². The molecule has 0 radical (unpaired) electrons. The Bertz CT molecular complexity index is 365. The molecule has 1 aromatic heterocycles. The molecule has 15 heavy (non-hydrogen) atoms. The van der Waals surface area contributed by atoms with E-state index < -0.39 is 0 Å². The highest BCUT2D eigenvalue weighted by molar-refractivity contribution is 9.10. The molecule has 0 unspecified atom stereocenters.